The number of pyridine rings is 1. The summed E-state index contributed by atoms with van der Waals surface area (Å²) in [6.07, 6.45) is 2.78. The number of aryl methyl sites for hydroxylation is 1. The molecular weight excluding hydrogens is 512 g/mol. The number of nitro groups is 1. The number of benzene rings is 1. The monoisotopic (exact) mass is 536 g/mol. The van der Waals surface area contributed by atoms with Crippen LogP contribution >= 0.6 is 11.8 Å². The summed E-state index contributed by atoms with van der Waals surface area (Å²) < 4.78 is 12.6. The average molecular weight is 537 g/mol. The molecule has 1 fully saturated rings. The van der Waals surface area contributed by atoms with Gasteiger partial charge in [-0.1, -0.05) is 0 Å². The van der Waals surface area contributed by atoms with Gasteiger partial charge in [-0.15, -0.1) is 0 Å². The van der Waals surface area contributed by atoms with Crippen molar-refractivity contribution < 1.29 is 28.8 Å². The van der Waals surface area contributed by atoms with Crippen LogP contribution in [0.25, 0.3) is 11.8 Å². The molecule has 11 nitrogen and oxygen atoms in total. The number of nitrogens with zero attached hydrogens (tertiary/aromatic N) is 4. The Kier molecular flexibility index (Phi) is 7.62. The Labute approximate surface area is 222 Å². The molecule has 196 valence electrons. The van der Waals surface area contributed by atoms with Gasteiger partial charge in [-0.3, -0.25) is 24.6 Å². The van der Waals surface area contributed by atoms with E-state index in [9.17, 15) is 24.5 Å². The minimum atomic E-state index is -1.01. The van der Waals surface area contributed by atoms with Crippen molar-refractivity contribution in [1.29, 1.82) is 0 Å². The van der Waals surface area contributed by atoms with Gasteiger partial charge in [0, 0.05) is 29.2 Å². The maximum Gasteiger partial charge on any atom is 0.329 e. The van der Waals surface area contributed by atoms with Gasteiger partial charge >= 0.3 is 5.97 Å². The minimum absolute atomic E-state index is 0.125. The second kappa shape index (κ2) is 10.9. The first-order valence-corrected chi connectivity index (χ1v) is 12.4. The lowest BCUT2D eigenvalue weighted by atomic mass is 10.2. The Morgan fingerprint density at radius 3 is 2.50 bits per heavy atom. The molecule has 1 saturated heterocycles. The number of rotatable bonds is 8. The second-order valence-electron chi connectivity index (χ2n) is 8.35. The Balaban J connectivity index is 1.53. The third kappa shape index (κ3) is 5.30. The molecule has 4 rings (SSSR count). The first kappa shape index (κ1) is 26.6. The van der Waals surface area contributed by atoms with E-state index in [4.69, 9.17) is 9.47 Å². The van der Waals surface area contributed by atoms with Crippen LogP contribution in [0.15, 0.2) is 53.6 Å². The van der Waals surface area contributed by atoms with E-state index in [1.807, 2.05) is 36.6 Å². The second-order valence-corrected chi connectivity index (χ2v) is 9.34. The van der Waals surface area contributed by atoms with Crippen LogP contribution in [0.1, 0.15) is 30.8 Å². The Morgan fingerprint density at radius 2 is 1.89 bits per heavy atom. The normalized spacial score (nSPS) is 15.2. The molecule has 2 aromatic heterocycles. The molecule has 1 aliphatic rings. The third-order valence-corrected chi connectivity index (χ3v) is 6.73. The van der Waals surface area contributed by atoms with Crippen LogP contribution in [0.2, 0.25) is 0 Å². The lowest BCUT2D eigenvalue weighted by Crippen LogP contribution is -2.42. The maximum atomic E-state index is 12.9. The summed E-state index contributed by atoms with van der Waals surface area (Å²) in [5.41, 5.74) is 3.22. The summed E-state index contributed by atoms with van der Waals surface area (Å²) in [6, 6.07) is 10.8. The zero-order chi connectivity index (χ0) is 27.6. The van der Waals surface area contributed by atoms with Crippen molar-refractivity contribution in [1.82, 2.24) is 14.5 Å². The van der Waals surface area contributed by atoms with E-state index < -0.39 is 28.1 Å². The van der Waals surface area contributed by atoms with Gasteiger partial charge in [0.2, 0.25) is 5.88 Å². The van der Waals surface area contributed by atoms with Crippen molar-refractivity contribution in [3.63, 3.8) is 0 Å². The van der Waals surface area contributed by atoms with Crippen LogP contribution in [0.3, 0.4) is 0 Å². The first-order valence-electron chi connectivity index (χ1n) is 11.6. The number of esters is 1. The van der Waals surface area contributed by atoms with E-state index in [1.54, 1.807) is 25.1 Å². The lowest BCUT2D eigenvalue weighted by Gasteiger charge is -2.19. The molecule has 0 aliphatic carbocycles. The lowest BCUT2D eigenvalue weighted by molar-refractivity contribution is -0.385. The van der Waals surface area contributed by atoms with E-state index >= 15 is 0 Å². The van der Waals surface area contributed by atoms with Crippen molar-refractivity contribution in [3.05, 3.63) is 80.6 Å². The summed E-state index contributed by atoms with van der Waals surface area (Å²) in [5, 5.41) is 10.3. The molecule has 1 atom stereocenters. The molecule has 12 heteroatoms. The molecule has 1 aromatic carbocycles. The summed E-state index contributed by atoms with van der Waals surface area (Å²) in [5.74, 6) is -0.440. The van der Waals surface area contributed by atoms with Gasteiger partial charge in [0.1, 0.15) is 18.0 Å². The SMILES string of the molecule is CCOC(=O)C(C)N1C(=O)S/C(=C\c2cc(C)n(-c3ccc(Oc4ccc([N+](=O)[O-])cn4)cc3)c2C)C1=O. The van der Waals surface area contributed by atoms with Gasteiger partial charge in [-0.25, -0.2) is 9.78 Å². The fourth-order valence-electron chi connectivity index (χ4n) is 3.98. The summed E-state index contributed by atoms with van der Waals surface area (Å²) in [7, 11) is 0. The topological polar surface area (TPSA) is 134 Å². The predicted octanol–water partition coefficient (Wildman–Crippen LogP) is 5.18. The zero-order valence-corrected chi connectivity index (χ0v) is 21.9. The molecule has 1 unspecified atom stereocenters. The van der Waals surface area contributed by atoms with E-state index in [0.29, 0.717) is 5.75 Å². The average Bonchev–Trinajstić information content (AvgIpc) is 3.32. The van der Waals surface area contributed by atoms with Crippen LogP contribution in [0.4, 0.5) is 10.5 Å². The fraction of sp³-hybridized carbons (Fsp3) is 0.231. The molecule has 0 radical (unpaired) electrons. The van der Waals surface area contributed by atoms with E-state index in [-0.39, 0.29) is 23.1 Å². The summed E-state index contributed by atoms with van der Waals surface area (Å²) in [4.78, 5) is 52.8. The molecule has 0 N–H and O–H groups in total. The molecule has 3 aromatic rings. The van der Waals surface area contributed by atoms with Crippen LogP contribution < -0.4 is 4.74 Å². The van der Waals surface area contributed by atoms with Crippen molar-refractivity contribution in [2.75, 3.05) is 6.61 Å². The van der Waals surface area contributed by atoms with Crippen LogP contribution in [0, 0.1) is 24.0 Å². The standard InChI is InChI=1S/C26H24N4O7S/c1-5-36-25(32)17(4)29-24(31)22(38-26(29)33)13-18-12-15(2)28(16(18)3)19-6-9-21(10-7-19)37-23-11-8-20(14-27-23)30(34)35/h6-14,17H,5H2,1-4H3/b22-13-. The molecule has 38 heavy (non-hydrogen) atoms. The molecule has 1 aliphatic heterocycles. The number of carbonyl (C=O) groups excluding carboxylic acids is 3. The molecule has 0 saturated carbocycles. The summed E-state index contributed by atoms with van der Waals surface area (Å²) >= 11 is 0.787. The van der Waals surface area contributed by atoms with Crippen LogP contribution in [-0.2, 0) is 14.3 Å². The molecule has 2 amide bonds. The molecule has 3 heterocycles. The highest BCUT2D eigenvalue weighted by Crippen LogP contribution is 2.35. The van der Waals surface area contributed by atoms with E-state index in [2.05, 4.69) is 4.98 Å². The van der Waals surface area contributed by atoms with Gasteiger partial charge in [0.15, 0.2) is 0 Å². The van der Waals surface area contributed by atoms with Crippen molar-refractivity contribution in [3.8, 4) is 17.3 Å². The Bertz CT molecular complexity index is 1450. The number of aromatic nitrogens is 2. The van der Waals surface area contributed by atoms with Gasteiger partial charge in [0.25, 0.3) is 16.8 Å². The zero-order valence-electron chi connectivity index (χ0n) is 21.0. The summed E-state index contributed by atoms with van der Waals surface area (Å²) in [6.45, 7) is 7.10. The van der Waals surface area contributed by atoms with Crippen molar-refractivity contribution in [2.45, 2.75) is 33.7 Å². The van der Waals surface area contributed by atoms with Gasteiger partial charge in [-0.05, 0) is 81.4 Å². The number of hydrogen-bond donors (Lipinski definition) is 0. The van der Waals surface area contributed by atoms with Crippen LogP contribution in [0.5, 0.6) is 11.6 Å². The number of thioether (sulfide) groups is 1. The minimum Gasteiger partial charge on any atom is -0.464 e. The largest absolute Gasteiger partial charge is 0.464 e. The highest BCUT2D eigenvalue weighted by Gasteiger charge is 2.41. The van der Waals surface area contributed by atoms with Crippen molar-refractivity contribution in [2.24, 2.45) is 0 Å². The highest BCUT2D eigenvalue weighted by molar-refractivity contribution is 8.18. The van der Waals surface area contributed by atoms with Gasteiger partial charge < -0.3 is 14.0 Å². The van der Waals surface area contributed by atoms with E-state index in [1.165, 1.54) is 19.1 Å². The number of ether oxygens (including phenoxy) is 2. The van der Waals surface area contributed by atoms with Gasteiger partial charge in [0.05, 0.1) is 16.4 Å². The fourth-order valence-corrected chi connectivity index (χ4v) is 4.88. The predicted molar refractivity (Wildman–Crippen MR) is 140 cm³/mol. The quantitative estimate of drug-likeness (QED) is 0.165. The smallest absolute Gasteiger partial charge is 0.329 e. The highest BCUT2D eigenvalue weighted by atomic mass is 32.2. The molecule has 0 spiro atoms. The van der Waals surface area contributed by atoms with Crippen LogP contribution in [-0.4, -0.2) is 49.1 Å². The third-order valence-electron chi connectivity index (χ3n) is 5.84. The van der Waals surface area contributed by atoms with Crippen molar-refractivity contribution >= 4 is 40.6 Å². The Morgan fingerprint density at radius 1 is 1.18 bits per heavy atom. The Hall–Kier alpha value is -4.45. The van der Waals surface area contributed by atoms with Gasteiger partial charge in [-0.2, -0.15) is 0 Å². The molecular formula is C26H24N4O7S. The molecule has 0 bridgehead atoms. The number of hydrogen-bond acceptors (Lipinski definition) is 9. The number of carbonyl (C=O) groups is 3. The van der Waals surface area contributed by atoms with E-state index in [0.717, 1.165) is 45.5 Å². The maximum absolute atomic E-state index is 12.9. The first-order chi connectivity index (χ1) is 18.1. The number of amides is 2. The number of imide groups is 1.